The maximum Gasteiger partial charge on any atom is 0.177 e. The maximum absolute atomic E-state index is 11.9. The first kappa shape index (κ1) is 26.7. The Bertz CT molecular complexity index is 1110. The Balaban J connectivity index is 0.00000342. The van der Waals surface area contributed by atoms with Crippen molar-refractivity contribution in [2.45, 2.75) is 18.4 Å². The predicted octanol–water partition coefficient (Wildman–Crippen LogP) is 2.05. The molecule has 0 aliphatic carbocycles. The molecule has 0 aliphatic rings. The Morgan fingerprint density at radius 3 is 1.94 bits per heavy atom. The van der Waals surface area contributed by atoms with Crippen LogP contribution in [0.4, 0.5) is 0 Å². The zero-order chi connectivity index (χ0) is 23.9. The molecule has 0 amide bonds. The molecule has 1 aromatic heterocycles. The second-order valence-corrected chi connectivity index (χ2v) is 9.27. The van der Waals surface area contributed by atoms with Crippen LogP contribution in [-0.2, 0) is 12.0 Å². The van der Waals surface area contributed by atoms with Crippen molar-refractivity contribution in [1.82, 2.24) is 5.16 Å². The fraction of sp³-hybridized carbons (Fsp3) is 0.276. The van der Waals surface area contributed by atoms with E-state index >= 15 is 0 Å². The topological polar surface area (TPSA) is 55.5 Å². The van der Waals surface area contributed by atoms with Crippen molar-refractivity contribution in [2.75, 3.05) is 33.8 Å². The number of aliphatic hydroxyl groups is 1. The van der Waals surface area contributed by atoms with E-state index in [4.69, 9.17) is 9.26 Å². The number of quaternary nitrogens is 1. The van der Waals surface area contributed by atoms with Gasteiger partial charge in [-0.3, -0.25) is 0 Å². The zero-order valence-corrected chi connectivity index (χ0v) is 21.9. The van der Waals surface area contributed by atoms with Crippen LogP contribution in [-0.4, -0.2) is 48.5 Å². The van der Waals surface area contributed by atoms with Crippen LogP contribution in [0.2, 0.25) is 0 Å². The van der Waals surface area contributed by atoms with Gasteiger partial charge in [-0.15, -0.1) is 0 Å². The largest absolute Gasteiger partial charge is 1.00 e. The molecule has 3 aromatic carbocycles. The first-order chi connectivity index (χ1) is 16.5. The van der Waals surface area contributed by atoms with Crippen molar-refractivity contribution in [2.24, 2.45) is 0 Å². The molecular weight excluding hydrogens is 504 g/mol. The molecule has 0 fully saturated rings. The quantitative estimate of drug-likeness (QED) is 0.235. The molecule has 184 valence electrons. The van der Waals surface area contributed by atoms with Crippen molar-refractivity contribution in [3.8, 4) is 5.75 Å². The van der Waals surface area contributed by atoms with Gasteiger partial charge in [0.1, 0.15) is 5.75 Å². The molecule has 0 bridgehead atoms. The maximum atomic E-state index is 11.9. The summed E-state index contributed by atoms with van der Waals surface area (Å²) in [6, 6.07) is 31.0. The number of para-hydroxylation sites is 1. The van der Waals surface area contributed by atoms with Gasteiger partial charge >= 0.3 is 0 Å². The number of ether oxygens (including phenoxy) is 1. The normalized spacial score (nSPS) is 11.6. The Kier molecular flexibility index (Phi) is 9.26. The first-order valence-corrected chi connectivity index (χ1v) is 11.8. The molecule has 4 rings (SSSR count). The molecule has 1 N–H and O–H groups in total. The molecule has 0 radical (unpaired) electrons. The Hall–Kier alpha value is -2.93. The van der Waals surface area contributed by atoms with Gasteiger partial charge in [-0.05, 0) is 23.3 Å². The highest BCUT2D eigenvalue weighted by Gasteiger charge is 2.38. The van der Waals surface area contributed by atoms with E-state index in [0.717, 1.165) is 53.0 Å². The SMILES string of the molecule is C[N+](C)(CCCOc1ccccc1)CCc1cc(C(O)(c2ccccc2)c2ccccc2)on1.[Br-]. The third-order valence-electron chi connectivity index (χ3n) is 6.19. The lowest BCUT2D eigenvalue weighted by Crippen LogP contribution is -3.00. The molecule has 0 aliphatic heterocycles. The van der Waals surface area contributed by atoms with Crippen LogP contribution in [0.15, 0.2) is 102 Å². The summed E-state index contributed by atoms with van der Waals surface area (Å²) in [4.78, 5) is 0. The second kappa shape index (κ2) is 12.2. The van der Waals surface area contributed by atoms with Gasteiger partial charge in [-0.25, -0.2) is 0 Å². The molecule has 0 unspecified atom stereocenters. The van der Waals surface area contributed by atoms with Crippen molar-refractivity contribution in [3.63, 3.8) is 0 Å². The van der Waals surface area contributed by atoms with Crippen molar-refractivity contribution in [3.05, 3.63) is 120 Å². The fourth-order valence-electron chi connectivity index (χ4n) is 4.14. The third kappa shape index (κ3) is 6.82. The lowest BCUT2D eigenvalue weighted by molar-refractivity contribution is -0.890. The van der Waals surface area contributed by atoms with E-state index in [1.165, 1.54) is 0 Å². The minimum Gasteiger partial charge on any atom is -1.00 e. The van der Waals surface area contributed by atoms with Crippen molar-refractivity contribution in [1.29, 1.82) is 0 Å². The van der Waals surface area contributed by atoms with E-state index in [2.05, 4.69) is 19.3 Å². The Morgan fingerprint density at radius 2 is 1.37 bits per heavy atom. The van der Waals surface area contributed by atoms with E-state index in [-0.39, 0.29) is 17.0 Å². The molecule has 0 saturated carbocycles. The van der Waals surface area contributed by atoms with Crippen LogP contribution in [0, 0.1) is 0 Å². The minimum absolute atomic E-state index is 0. The Labute approximate surface area is 218 Å². The van der Waals surface area contributed by atoms with E-state index in [1.54, 1.807) is 0 Å². The van der Waals surface area contributed by atoms with E-state index in [9.17, 15) is 5.11 Å². The third-order valence-corrected chi connectivity index (χ3v) is 6.19. The van der Waals surface area contributed by atoms with Crippen molar-refractivity contribution >= 4 is 0 Å². The number of hydrogen-bond donors (Lipinski definition) is 1. The molecule has 35 heavy (non-hydrogen) atoms. The highest BCUT2D eigenvalue weighted by Crippen LogP contribution is 2.36. The van der Waals surface area contributed by atoms with E-state index in [0.29, 0.717) is 12.4 Å². The van der Waals surface area contributed by atoms with Crippen LogP contribution in [0.25, 0.3) is 0 Å². The highest BCUT2D eigenvalue weighted by molar-refractivity contribution is 5.43. The van der Waals surface area contributed by atoms with Gasteiger partial charge in [0, 0.05) is 18.9 Å². The van der Waals surface area contributed by atoms with Crippen LogP contribution >= 0.6 is 0 Å². The molecule has 0 spiro atoms. The first-order valence-electron chi connectivity index (χ1n) is 11.8. The van der Waals surface area contributed by atoms with Gasteiger partial charge in [0.25, 0.3) is 0 Å². The molecule has 0 saturated heterocycles. The summed E-state index contributed by atoms with van der Waals surface area (Å²) in [7, 11) is 4.43. The average Bonchev–Trinajstić information content (AvgIpc) is 3.37. The number of hydrogen-bond acceptors (Lipinski definition) is 4. The lowest BCUT2D eigenvalue weighted by atomic mass is 9.84. The van der Waals surface area contributed by atoms with Gasteiger partial charge in [-0.2, -0.15) is 0 Å². The number of halogens is 1. The van der Waals surface area contributed by atoms with Gasteiger partial charge in [0.05, 0.1) is 39.5 Å². The summed E-state index contributed by atoms with van der Waals surface area (Å²) in [6.45, 7) is 2.60. The molecule has 4 aromatic rings. The van der Waals surface area contributed by atoms with Crippen LogP contribution in [0.1, 0.15) is 29.0 Å². The Morgan fingerprint density at radius 1 is 0.829 bits per heavy atom. The molecule has 5 nitrogen and oxygen atoms in total. The van der Waals surface area contributed by atoms with Gasteiger partial charge in [0.2, 0.25) is 0 Å². The van der Waals surface area contributed by atoms with Crippen molar-refractivity contribution < 1.29 is 35.8 Å². The lowest BCUT2D eigenvalue weighted by Gasteiger charge is -2.29. The standard InChI is InChI=1S/C29H33N2O3.BrH/c1-31(2,20-12-22-33-27-17-10-5-11-18-27)21-19-26-23-28(34-30-26)29(32,24-13-6-3-7-14-24)25-15-8-4-9-16-25;/h3-11,13-18,23,32H,12,19-22H2,1-2H3;1H/q+1;/p-1. The van der Waals surface area contributed by atoms with E-state index in [1.807, 2.05) is 97.1 Å². The molecular formula is C29H33BrN2O3. The van der Waals surface area contributed by atoms with Crippen LogP contribution < -0.4 is 21.7 Å². The average molecular weight is 537 g/mol. The monoisotopic (exact) mass is 536 g/mol. The second-order valence-electron chi connectivity index (χ2n) is 9.27. The highest BCUT2D eigenvalue weighted by atomic mass is 79.9. The number of aromatic nitrogens is 1. The number of likely N-dealkylation sites (N-methyl/N-ethyl adjacent to an activating group) is 1. The number of benzene rings is 3. The molecule has 6 heteroatoms. The van der Waals surface area contributed by atoms with Crippen LogP contribution in [0.5, 0.6) is 5.75 Å². The predicted molar refractivity (Wildman–Crippen MR) is 134 cm³/mol. The molecule has 1 heterocycles. The summed E-state index contributed by atoms with van der Waals surface area (Å²) >= 11 is 0. The number of nitrogens with zero attached hydrogens (tertiary/aromatic N) is 2. The van der Waals surface area contributed by atoms with Gasteiger partial charge in [0.15, 0.2) is 11.4 Å². The smallest absolute Gasteiger partial charge is 0.177 e. The number of rotatable bonds is 11. The minimum atomic E-state index is -1.40. The van der Waals surface area contributed by atoms with Gasteiger partial charge in [-0.1, -0.05) is 84.0 Å². The summed E-state index contributed by atoms with van der Waals surface area (Å²) < 4.78 is 12.4. The van der Waals surface area contributed by atoms with Crippen LogP contribution in [0.3, 0.4) is 0 Å². The van der Waals surface area contributed by atoms with E-state index < -0.39 is 5.60 Å². The summed E-state index contributed by atoms with van der Waals surface area (Å²) in [5, 5.41) is 16.2. The fourth-order valence-corrected chi connectivity index (χ4v) is 4.14. The summed E-state index contributed by atoms with van der Waals surface area (Å²) in [6.07, 6.45) is 1.73. The molecule has 0 atom stereocenters. The van der Waals surface area contributed by atoms with Gasteiger partial charge < -0.3 is 35.8 Å². The summed E-state index contributed by atoms with van der Waals surface area (Å²) in [5.41, 5.74) is 0.941. The summed E-state index contributed by atoms with van der Waals surface area (Å²) in [5.74, 6) is 1.34. The zero-order valence-electron chi connectivity index (χ0n) is 20.3.